The van der Waals surface area contributed by atoms with Crippen LogP contribution in [0.5, 0.6) is 0 Å². The molecule has 0 spiro atoms. The van der Waals surface area contributed by atoms with Crippen LogP contribution in [0.2, 0.25) is 0 Å². The van der Waals surface area contributed by atoms with Crippen molar-refractivity contribution in [3.05, 3.63) is 41.3 Å². The van der Waals surface area contributed by atoms with E-state index in [4.69, 9.17) is 4.52 Å². The van der Waals surface area contributed by atoms with Gasteiger partial charge >= 0.3 is 0 Å². The molecule has 0 aliphatic rings. The van der Waals surface area contributed by atoms with Gasteiger partial charge in [-0.3, -0.25) is 9.59 Å². The highest BCUT2D eigenvalue weighted by Gasteiger charge is 2.18. The number of amides is 2. The maximum atomic E-state index is 12.3. The first-order valence-corrected chi connectivity index (χ1v) is 8.73. The van der Waals surface area contributed by atoms with Crippen molar-refractivity contribution >= 4 is 29.3 Å². The third-order valence-corrected chi connectivity index (χ3v) is 4.49. The van der Waals surface area contributed by atoms with Crippen LogP contribution in [0.3, 0.4) is 0 Å². The highest BCUT2D eigenvalue weighted by molar-refractivity contribution is 7.98. The lowest BCUT2D eigenvalue weighted by atomic mass is 10.1. The highest BCUT2D eigenvalue weighted by atomic mass is 32.2. The molecular formula is C17H21N3O3S. The van der Waals surface area contributed by atoms with Gasteiger partial charge in [0.1, 0.15) is 5.76 Å². The summed E-state index contributed by atoms with van der Waals surface area (Å²) in [6.45, 7) is 3.56. The predicted octanol–water partition coefficient (Wildman–Crippen LogP) is 2.65. The van der Waals surface area contributed by atoms with E-state index in [1.165, 1.54) is 4.90 Å². The topological polar surface area (TPSA) is 75.4 Å². The predicted molar refractivity (Wildman–Crippen MR) is 94.2 cm³/mol. The monoisotopic (exact) mass is 347 g/mol. The van der Waals surface area contributed by atoms with Crippen molar-refractivity contribution in [3.8, 4) is 0 Å². The summed E-state index contributed by atoms with van der Waals surface area (Å²) in [6, 6.07) is 7.56. The van der Waals surface area contributed by atoms with E-state index in [1.807, 2.05) is 30.5 Å². The Morgan fingerprint density at radius 3 is 2.62 bits per heavy atom. The van der Waals surface area contributed by atoms with Crippen LogP contribution >= 0.6 is 11.8 Å². The average Bonchev–Trinajstić information content (AvgIpc) is 2.87. The van der Waals surface area contributed by atoms with Crippen molar-refractivity contribution < 1.29 is 14.1 Å². The molecule has 0 saturated heterocycles. The summed E-state index contributed by atoms with van der Waals surface area (Å²) in [5.41, 5.74) is 2.23. The van der Waals surface area contributed by atoms with E-state index in [9.17, 15) is 9.59 Å². The molecule has 0 saturated carbocycles. The Balaban J connectivity index is 1.95. The molecule has 0 unspecified atom stereocenters. The van der Waals surface area contributed by atoms with Gasteiger partial charge in [0, 0.05) is 17.5 Å². The van der Waals surface area contributed by atoms with Crippen LogP contribution in [0.1, 0.15) is 17.0 Å². The van der Waals surface area contributed by atoms with E-state index < -0.39 is 0 Å². The minimum atomic E-state index is -0.230. The van der Waals surface area contributed by atoms with Gasteiger partial charge in [-0.25, -0.2) is 0 Å². The van der Waals surface area contributed by atoms with Gasteiger partial charge in [0.05, 0.1) is 24.3 Å². The molecular weight excluding hydrogens is 326 g/mol. The Morgan fingerprint density at radius 2 is 2.00 bits per heavy atom. The average molecular weight is 347 g/mol. The number of aryl methyl sites for hydroxylation is 2. The summed E-state index contributed by atoms with van der Waals surface area (Å²) < 4.78 is 5.06. The lowest BCUT2D eigenvalue weighted by Gasteiger charge is -2.17. The van der Waals surface area contributed by atoms with Crippen LogP contribution < -0.4 is 5.32 Å². The SMILES string of the molecule is CSc1ccccc1NC(=O)CN(C)C(=O)Cc1c(C)noc1C. The number of nitrogens with one attached hydrogen (secondary N) is 1. The number of aromatic nitrogens is 1. The molecule has 1 heterocycles. The van der Waals surface area contributed by atoms with Crippen molar-refractivity contribution in [1.29, 1.82) is 0 Å². The zero-order valence-corrected chi connectivity index (χ0v) is 15.1. The zero-order valence-electron chi connectivity index (χ0n) is 14.3. The Bertz CT molecular complexity index is 723. The van der Waals surface area contributed by atoms with Crippen molar-refractivity contribution in [1.82, 2.24) is 10.1 Å². The fraction of sp³-hybridized carbons (Fsp3) is 0.353. The number of benzene rings is 1. The number of thioether (sulfide) groups is 1. The summed E-state index contributed by atoms with van der Waals surface area (Å²) in [5.74, 6) is 0.247. The first-order valence-electron chi connectivity index (χ1n) is 7.51. The van der Waals surface area contributed by atoms with E-state index in [0.29, 0.717) is 11.5 Å². The summed E-state index contributed by atoms with van der Waals surface area (Å²) in [4.78, 5) is 26.9. The first kappa shape index (κ1) is 18.1. The normalized spacial score (nSPS) is 10.5. The molecule has 6 nitrogen and oxygen atoms in total. The van der Waals surface area contributed by atoms with E-state index in [1.54, 1.807) is 32.7 Å². The van der Waals surface area contributed by atoms with Crippen molar-refractivity contribution in [2.75, 3.05) is 25.2 Å². The number of para-hydroxylation sites is 1. The number of likely N-dealkylation sites (N-methyl/N-ethyl adjacent to an activating group) is 1. The van der Waals surface area contributed by atoms with Gasteiger partial charge in [-0.15, -0.1) is 11.8 Å². The Kier molecular flexibility index (Phi) is 6.03. The number of hydrogen-bond donors (Lipinski definition) is 1. The maximum absolute atomic E-state index is 12.3. The second-order valence-electron chi connectivity index (χ2n) is 5.48. The van der Waals surface area contributed by atoms with Crippen LogP contribution in [0.15, 0.2) is 33.7 Å². The number of anilines is 1. The van der Waals surface area contributed by atoms with Crippen LogP contribution in [0.4, 0.5) is 5.69 Å². The Morgan fingerprint density at radius 1 is 1.29 bits per heavy atom. The molecule has 128 valence electrons. The highest BCUT2D eigenvalue weighted by Crippen LogP contribution is 2.24. The minimum Gasteiger partial charge on any atom is -0.361 e. The van der Waals surface area contributed by atoms with Crippen molar-refractivity contribution in [3.63, 3.8) is 0 Å². The molecule has 0 fully saturated rings. The fourth-order valence-corrected chi connectivity index (χ4v) is 2.84. The summed E-state index contributed by atoms with van der Waals surface area (Å²) in [7, 11) is 1.61. The number of carbonyl (C=O) groups is 2. The zero-order chi connectivity index (χ0) is 17.7. The second-order valence-corrected chi connectivity index (χ2v) is 6.33. The molecule has 0 radical (unpaired) electrons. The lowest BCUT2D eigenvalue weighted by molar-refractivity contribution is -0.132. The molecule has 2 rings (SSSR count). The molecule has 1 N–H and O–H groups in total. The van der Waals surface area contributed by atoms with Crippen LogP contribution in [-0.4, -0.2) is 41.7 Å². The summed E-state index contributed by atoms with van der Waals surface area (Å²) in [5, 5.41) is 6.68. The van der Waals surface area contributed by atoms with Gasteiger partial charge in [0.2, 0.25) is 11.8 Å². The van der Waals surface area contributed by atoms with Gasteiger partial charge in [-0.1, -0.05) is 17.3 Å². The Hall–Kier alpha value is -2.28. The molecule has 0 aliphatic carbocycles. The molecule has 1 aromatic heterocycles. The van der Waals surface area contributed by atoms with Gasteiger partial charge in [0.25, 0.3) is 0 Å². The largest absolute Gasteiger partial charge is 0.361 e. The molecule has 1 aromatic carbocycles. The van der Waals surface area contributed by atoms with E-state index in [2.05, 4.69) is 10.5 Å². The number of carbonyl (C=O) groups excluding carboxylic acids is 2. The molecule has 24 heavy (non-hydrogen) atoms. The number of rotatable bonds is 6. The maximum Gasteiger partial charge on any atom is 0.244 e. The van der Waals surface area contributed by atoms with Crippen LogP contribution in [0, 0.1) is 13.8 Å². The molecule has 0 atom stereocenters. The quantitative estimate of drug-likeness (QED) is 0.813. The summed E-state index contributed by atoms with van der Waals surface area (Å²) >= 11 is 1.56. The number of hydrogen-bond acceptors (Lipinski definition) is 5. The van der Waals surface area contributed by atoms with E-state index in [-0.39, 0.29) is 24.8 Å². The van der Waals surface area contributed by atoms with Crippen molar-refractivity contribution in [2.24, 2.45) is 0 Å². The molecule has 2 aromatic rings. The standard InChI is InChI=1S/C17H21N3O3S/c1-11-13(12(2)23-19-11)9-17(22)20(3)10-16(21)18-14-7-5-6-8-15(14)24-4/h5-8H,9-10H2,1-4H3,(H,18,21). The van der Waals surface area contributed by atoms with Gasteiger partial charge in [-0.2, -0.15) is 0 Å². The number of nitrogens with zero attached hydrogens (tertiary/aromatic N) is 2. The third-order valence-electron chi connectivity index (χ3n) is 3.70. The van der Waals surface area contributed by atoms with Crippen molar-refractivity contribution in [2.45, 2.75) is 25.2 Å². The van der Waals surface area contributed by atoms with E-state index >= 15 is 0 Å². The first-order chi connectivity index (χ1) is 11.4. The second kappa shape index (κ2) is 8.01. The lowest BCUT2D eigenvalue weighted by Crippen LogP contribution is -2.36. The Labute approximate surface area is 145 Å². The van der Waals surface area contributed by atoms with Crippen LogP contribution in [-0.2, 0) is 16.0 Å². The van der Waals surface area contributed by atoms with Crippen LogP contribution in [0.25, 0.3) is 0 Å². The third kappa shape index (κ3) is 4.38. The van der Waals surface area contributed by atoms with Gasteiger partial charge < -0.3 is 14.7 Å². The molecule has 7 heteroatoms. The van der Waals surface area contributed by atoms with Gasteiger partial charge in [-0.05, 0) is 32.2 Å². The summed E-state index contributed by atoms with van der Waals surface area (Å²) in [6.07, 6.45) is 2.12. The fourth-order valence-electron chi connectivity index (χ4n) is 2.28. The minimum absolute atomic E-state index is 0.00900. The van der Waals surface area contributed by atoms with E-state index in [0.717, 1.165) is 16.1 Å². The molecule has 0 aliphatic heterocycles. The smallest absolute Gasteiger partial charge is 0.244 e. The molecule has 2 amide bonds. The van der Waals surface area contributed by atoms with Gasteiger partial charge in [0.15, 0.2) is 0 Å². The molecule has 0 bridgehead atoms.